The van der Waals surface area contributed by atoms with E-state index < -0.39 is 21.4 Å². The number of aliphatic carboxylic acids is 2. The van der Waals surface area contributed by atoms with Gasteiger partial charge in [-0.2, -0.15) is 25.3 Å². The molecule has 0 amide bonds. The Kier molecular flexibility index (Phi) is 6.32. The summed E-state index contributed by atoms with van der Waals surface area (Å²) in [4.78, 5) is 19.9. The van der Waals surface area contributed by atoms with E-state index in [1.807, 2.05) is 0 Å². The fraction of sp³-hybridized carbons (Fsp3) is 0.750. The maximum Gasteiger partial charge on any atom is 0.318 e. The summed E-state index contributed by atoms with van der Waals surface area (Å²) in [5.41, 5.74) is 0. The Morgan fingerprint density at radius 3 is 0.929 bits per heavy atom. The molecule has 0 aromatic heterocycles. The Balaban J connectivity index is 0. The molecule has 0 aliphatic carbocycles. The van der Waals surface area contributed by atoms with Gasteiger partial charge in [-0.05, 0) is 27.7 Å². The minimum atomic E-state index is -0.893. The second-order valence-electron chi connectivity index (χ2n) is 3.73. The summed E-state index contributed by atoms with van der Waals surface area (Å²) in [6, 6.07) is 0. The zero-order valence-corrected chi connectivity index (χ0v) is 10.4. The van der Waals surface area contributed by atoms with Crippen LogP contribution in [0.15, 0.2) is 0 Å². The first kappa shape index (κ1) is 16.1. The van der Waals surface area contributed by atoms with Gasteiger partial charge in [-0.1, -0.05) is 0 Å². The molecule has 0 rings (SSSR count). The molecule has 0 bridgehead atoms. The molecule has 0 saturated heterocycles. The molecule has 0 heterocycles. The first-order valence-corrected chi connectivity index (χ1v) is 4.70. The molecule has 0 aromatic rings. The predicted octanol–water partition coefficient (Wildman–Crippen LogP) is 1.56. The van der Waals surface area contributed by atoms with E-state index in [2.05, 4.69) is 25.3 Å². The molecule has 0 aliphatic rings. The first-order valence-electron chi connectivity index (χ1n) is 3.80. The standard InChI is InChI=1S/2C4H8O2S/c2*1-4(2,7)3(5)6/h2*7H,1-2H3,(H,5,6). The van der Waals surface area contributed by atoms with Crippen LogP contribution in [0.1, 0.15) is 27.7 Å². The monoisotopic (exact) mass is 240 g/mol. The zero-order chi connectivity index (χ0) is 12.2. The third-order valence-electron chi connectivity index (χ3n) is 1.05. The molecule has 0 spiro atoms. The Morgan fingerprint density at radius 1 is 0.857 bits per heavy atom. The summed E-state index contributed by atoms with van der Waals surface area (Å²) >= 11 is 7.50. The van der Waals surface area contributed by atoms with Crippen LogP contribution in [0.3, 0.4) is 0 Å². The van der Waals surface area contributed by atoms with E-state index in [0.717, 1.165) is 0 Å². The number of carboxylic acid groups (broad SMARTS) is 2. The molecule has 14 heavy (non-hydrogen) atoms. The van der Waals surface area contributed by atoms with Gasteiger partial charge in [0, 0.05) is 0 Å². The van der Waals surface area contributed by atoms with Crippen molar-refractivity contribution in [2.24, 2.45) is 0 Å². The largest absolute Gasteiger partial charge is 0.480 e. The van der Waals surface area contributed by atoms with Crippen molar-refractivity contribution >= 4 is 37.2 Å². The minimum absolute atomic E-state index is 0.889. The van der Waals surface area contributed by atoms with E-state index in [1.54, 1.807) is 0 Å². The highest BCUT2D eigenvalue weighted by molar-refractivity contribution is 7.82. The highest BCUT2D eigenvalue weighted by atomic mass is 32.1. The normalized spacial score (nSPS) is 11.3. The van der Waals surface area contributed by atoms with Crippen molar-refractivity contribution in [2.75, 3.05) is 0 Å². The predicted molar refractivity (Wildman–Crippen MR) is 61.4 cm³/mol. The van der Waals surface area contributed by atoms with Crippen molar-refractivity contribution in [3.63, 3.8) is 0 Å². The van der Waals surface area contributed by atoms with Crippen LogP contribution in [0.25, 0.3) is 0 Å². The quantitative estimate of drug-likeness (QED) is 0.553. The van der Waals surface area contributed by atoms with Gasteiger partial charge in [-0.15, -0.1) is 0 Å². The fourth-order valence-corrected chi connectivity index (χ4v) is 0. The summed E-state index contributed by atoms with van der Waals surface area (Å²) in [6.07, 6.45) is 0. The highest BCUT2D eigenvalue weighted by Crippen LogP contribution is 2.10. The molecule has 0 unspecified atom stereocenters. The fourth-order valence-electron chi connectivity index (χ4n) is 0. The van der Waals surface area contributed by atoms with Gasteiger partial charge in [0.2, 0.25) is 0 Å². The van der Waals surface area contributed by atoms with Gasteiger partial charge < -0.3 is 10.2 Å². The number of hydrogen-bond donors (Lipinski definition) is 4. The number of carboxylic acids is 2. The van der Waals surface area contributed by atoms with Crippen LogP contribution < -0.4 is 0 Å². The molecule has 0 fully saturated rings. The third kappa shape index (κ3) is 9.73. The lowest BCUT2D eigenvalue weighted by molar-refractivity contribution is -0.139. The number of thiol groups is 2. The van der Waals surface area contributed by atoms with Gasteiger partial charge in [0.1, 0.15) is 9.49 Å². The Bertz CT molecular complexity index is 188. The van der Waals surface area contributed by atoms with Gasteiger partial charge in [0.15, 0.2) is 0 Å². The lowest BCUT2D eigenvalue weighted by Crippen LogP contribution is -2.23. The topological polar surface area (TPSA) is 74.6 Å². The second-order valence-corrected chi connectivity index (χ2v) is 5.96. The van der Waals surface area contributed by atoms with Crippen LogP contribution in [0.4, 0.5) is 0 Å². The molecular formula is C8H16O4S2. The van der Waals surface area contributed by atoms with E-state index >= 15 is 0 Å². The van der Waals surface area contributed by atoms with Crippen LogP contribution in [0.2, 0.25) is 0 Å². The lowest BCUT2D eigenvalue weighted by Gasteiger charge is -2.07. The third-order valence-corrected chi connectivity index (χ3v) is 1.43. The van der Waals surface area contributed by atoms with E-state index in [9.17, 15) is 9.59 Å². The number of carbonyl (C=O) groups is 2. The minimum Gasteiger partial charge on any atom is -0.480 e. The van der Waals surface area contributed by atoms with Gasteiger partial charge in [-0.25, -0.2) is 0 Å². The molecule has 0 atom stereocenters. The summed E-state index contributed by atoms with van der Waals surface area (Å²) in [6.45, 7) is 6.10. The average Bonchev–Trinajstić information content (AvgIpc) is 1.83. The molecule has 2 N–H and O–H groups in total. The highest BCUT2D eigenvalue weighted by Gasteiger charge is 2.20. The van der Waals surface area contributed by atoms with Gasteiger partial charge in [0.05, 0.1) is 0 Å². The van der Waals surface area contributed by atoms with Crippen LogP contribution in [0.5, 0.6) is 0 Å². The molecular weight excluding hydrogens is 224 g/mol. The summed E-state index contributed by atoms with van der Waals surface area (Å²) < 4.78 is -1.78. The van der Waals surface area contributed by atoms with Crippen molar-refractivity contribution in [1.29, 1.82) is 0 Å². The van der Waals surface area contributed by atoms with Crippen LogP contribution in [-0.2, 0) is 9.59 Å². The number of rotatable bonds is 2. The Labute approximate surface area is 94.5 Å². The lowest BCUT2D eigenvalue weighted by atomic mass is 10.2. The van der Waals surface area contributed by atoms with Crippen LogP contribution in [-0.4, -0.2) is 31.6 Å². The molecule has 6 heteroatoms. The molecule has 0 aliphatic heterocycles. The zero-order valence-electron chi connectivity index (χ0n) is 8.61. The first-order chi connectivity index (χ1) is 5.89. The van der Waals surface area contributed by atoms with Gasteiger partial charge in [0.25, 0.3) is 0 Å². The Morgan fingerprint density at radius 2 is 0.929 bits per heavy atom. The van der Waals surface area contributed by atoms with Crippen molar-refractivity contribution < 1.29 is 19.8 Å². The molecule has 0 aromatic carbocycles. The van der Waals surface area contributed by atoms with E-state index in [1.165, 1.54) is 27.7 Å². The van der Waals surface area contributed by atoms with Crippen LogP contribution >= 0.6 is 25.3 Å². The molecule has 0 saturated carbocycles. The van der Waals surface area contributed by atoms with Crippen molar-refractivity contribution in [1.82, 2.24) is 0 Å². The average molecular weight is 240 g/mol. The van der Waals surface area contributed by atoms with Crippen molar-refractivity contribution in [3.05, 3.63) is 0 Å². The summed E-state index contributed by atoms with van der Waals surface area (Å²) in [7, 11) is 0. The van der Waals surface area contributed by atoms with Crippen molar-refractivity contribution in [2.45, 2.75) is 37.2 Å². The van der Waals surface area contributed by atoms with Crippen molar-refractivity contribution in [3.8, 4) is 0 Å². The second kappa shape index (κ2) is 5.50. The maximum absolute atomic E-state index is 9.94. The van der Waals surface area contributed by atoms with E-state index in [0.29, 0.717) is 0 Å². The maximum atomic E-state index is 9.94. The number of hydrogen-bond acceptors (Lipinski definition) is 4. The smallest absolute Gasteiger partial charge is 0.318 e. The van der Waals surface area contributed by atoms with E-state index in [4.69, 9.17) is 10.2 Å². The van der Waals surface area contributed by atoms with Gasteiger partial charge >= 0.3 is 11.9 Å². The molecule has 84 valence electrons. The summed E-state index contributed by atoms with van der Waals surface area (Å²) in [5, 5.41) is 16.3. The van der Waals surface area contributed by atoms with Crippen LogP contribution in [0, 0.1) is 0 Å². The van der Waals surface area contributed by atoms with Gasteiger partial charge in [-0.3, -0.25) is 9.59 Å². The SMILES string of the molecule is CC(C)(S)C(=O)O.CC(C)(S)C(=O)O. The molecule has 4 nitrogen and oxygen atoms in total. The Hall–Kier alpha value is -0.360. The van der Waals surface area contributed by atoms with E-state index in [-0.39, 0.29) is 0 Å². The molecule has 0 radical (unpaired) electrons. The summed E-state index contributed by atoms with van der Waals surface area (Å²) in [5.74, 6) is -1.79.